The van der Waals surface area contributed by atoms with E-state index in [-0.39, 0.29) is 17.4 Å². The molecule has 0 amide bonds. The zero-order valence-electron chi connectivity index (χ0n) is 11.0. The standard InChI is InChI=1S/C13H14F2O5/c1-8(2)19-11(16)7-18-12(17)9-5-3-4-6-10(9)20-13(14)15/h3-6,8,13H,7H2,1-2H3. The summed E-state index contributed by atoms with van der Waals surface area (Å²) in [6.45, 7) is -0.369. The average molecular weight is 288 g/mol. The van der Waals surface area contributed by atoms with Crippen LogP contribution in [0.25, 0.3) is 0 Å². The van der Waals surface area contributed by atoms with Crippen LogP contribution in [0, 0.1) is 0 Å². The Bertz CT molecular complexity index is 474. The van der Waals surface area contributed by atoms with Gasteiger partial charge in [-0.05, 0) is 26.0 Å². The molecule has 0 bridgehead atoms. The number of alkyl halides is 2. The molecule has 0 atom stereocenters. The van der Waals surface area contributed by atoms with Crippen molar-refractivity contribution in [2.45, 2.75) is 26.6 Å². The van der Waals surface area contributed by atoms with Crippen LogP contribution in [0.1, 0.15) is 24.2 Å². The van der Waals surface area contributed by atoms with Crippen LogP contribution in [0.5, 0.6) is 5.75 Å². The first kappa shape index (κ1) is 15.9. The number of halogens is 2. The van der Waals surface area contributed by atoms with Gasteiger partial charge in [0.25, 0.3) is 0 Å². The van der Waals surface area contributed by atoms with Crippen LogP contribution in [-0.2, 0) is 14.3 Å². The van der Waals surface area contributed by atoms with Crippen LogP contribution < -0.4 is 4.74 Å². The first-order valence-corrected chi connectivity index (χ1v) is 5.80. The molecule has 0 aliphatic carbocycles. The van der Waals surface area contributed by atoms with Gasteiger partial charge in [-0.2, -0.15) is 8.78 Å². The lowest BCUT2D eigenvalue weighted by molar-refractivity contribution is -0.151. The monoisotopic (exact) mass is 288 g/mol. The molecule has 20 heavy (non-hydrogen) atoms. The fourth-order valence-corrected chi connectivity index (χ4v) is 1.33. The van der Waals surface area contributed by atoms with Crippen molar-refractivity contribution in [1.29, 1.82) is 0 Å². The molecule has 1 rings (SSSR count). The van der Waals surface area contributed by atoms with Gasteiger partial charge in [-0.3, -0.25) is 0 Å². The van der Waals surface area contributed by atoms with Gasteiger partial charge >= 0.3 is 18.6 Å². The van der Waals surface area contributed by atoms with E-state index >= 15 is 0 Å². The molecule has 7 heteroatoms. The van der Waals surface area contributed by atoms with Gasteiger partial charge in [-0.15, -0.1) is 0 Å². The molecule has 0 unspecified atom stereocenters. The van der Waals surface area contributed by atoms with Gasteiger partial charge in [0.1, 0.15) is 11.3 Å². The lowest BCUT2D eigenvalue weighted by atomic mass is 10.2. The number of hydrogen-bond acceptors (Lipinski definition) is 5. The van der Waals surface area contributed by atoms with Crippen molar-refractivity contribution in [2.24, 2.45) is 0 Å². The molecule has 1 aromatic rings. The van der Waals surface area contributed by atoms with Crippen molar-refractivity contribution in [3.8, 4) is 5.75 Å². The molecule has 1 aromatic carbocycles. The zero-order chi connectivity index (χ0) is 15.1. The molecule has 0 saturated carbocycles. The van der Waals surface area contributed by atoms with Crippen molar-refractivity contribution >= 4 is 11.9 Å². The van der Waals surface area contributed by atoms with E-state index in [4.69, 9.17) is 4.74 Å². The number of esters is 2. The molecule has 5 nitrogen and oxygen atoms in total. The summed E-state index contributed by atoms with van der Waals surface area (Å²) in [5, 5.41) is 0. The summed E-state index contributed by atoms with van der Waals surface area (Å²) in [6.07, 6.45) is -0.337. The minimum absolute atomic E-state index is 0.190. The van der Waals surface area contributed by atoms with Crippen molar-refractivity contribution < 1.29 is 32.6 Å². The van der Waals surface area contributed by atoms with Gasteiger partial charge in [0.15, 0.2) is 6.61 Å². The highest BCUT2D eigenvalue weighted by molar-refractivity contribution is 5.93. The summed E-state index contributed by atoms with van der Waals surface area (Å²) in [5.74, 6) is -1.98. The van der Waals surface area contributed by atoms with Crippen LogP contribution in [0.3, 0.4) is 0 Å². The van der Waals surface area contributed by atoms with E-state index in [1.54, 1.807) is 13.8 Å². The highest BCUT2D eigenvalue weighted by Gasteiger charge is 2.18. The zero-order valence-corrected chi connectivity index (χ0v) is 11.0. The largest absolute Gasteiger partial charge is 0.460 e. The molecule has 0 N–H and O–H groups in total. The number of rotatable bonds is 6. The summed E-state index contributed by atoms with van der Waals surface area (Å²) in [5.41, 5.74) is -0.190. The van der Waals surface area contributed by atoms with Gasteiger partial charge in [0, 0.05) is 0 Å². The second-order valence-corrected chi connectivity index (χ2v) is 3.99. The molecule has 0 spiro atoms. The van der Waals surface area contributed by atoms with Crippen molar-refractivity contribution in [3.63, 3.8) is 0 Å². The Morgan fingerprint density at radius 3 is 2.45 bits per heavy atom. The lowest BCUT2D eigenvalue weighted by Crippen LogP contribution is -2.20. The van der Waals surface area contributed by atoms with Gasteiger partial charge in [-0.25, -0.2) is 9.59 Å². The van der Waals surface area contributed by atoms with Gasteiger partial charge < -0.3 is 14.2 Å². The number of carbonyl (C=O) groups excluding carboxylic acids is 2. The predicted octanol–water partition coefficient (Wildman–Crippen LogP) is 2.40. The Morgan fingerprint density at radius 2 is 1.85 bits per heavy atom. The highest BCUT2D eigenvalue weighted by atomic mass is 19.3. The average Bonchev–Trinajstić information content (AvgIpc) is 2.35. The molecule has 110 valence electrons. The second kappa shape index (κ2) is 7.42. The minimum atomic E-state index is -3.06. The Hall–Kier alpha value is -2.18. The van der Waals surface area contributed by atoms with E-state index in [1.165, 1.54) is 24.3 Å². The Kier molecular flexibility index (Phi) is 5.89. The number of hydrogen-bond donors (Lipinski definition) is 0. The van der Waals surface area contributed by atoms with Gasteiger partial charge in [0.05, 0.1) is 6.10 Å². The third kappa shape index (κ3) is 5.21. The molecule has 0 heterocycles. The first-order valence-electron chi connectivity index (χ1n) is 5.80. The minimum Gasteiger partial charge on any atom is -0.460 e. The SMILES string of the molecule is CC(C)OC(=O)COC(=O)c1ccccc1OC(F)F. The summed E-state index contributed by atoms with van der Waals surface area (Å²) < 4.78 is 38.0. The van der Waals surface area contributed by atoms with Gasteiger partial charge in [-0.1, -0.05) is 12.1 Å². The van der Waals surface area contributed by atoms with E-state index in [2.05, 4.69) is 9.47 Å². The second-order valence-electron chi connectivity index (χ2n) is 3.99. The number of ether oxygens (including phenoxy) is 3. The fraction of sp³-hybridized carbons (Fsp3) is 0.385. The third-order valence-electron chi connectivity index (χ3n) is 2.01. The molecule has 0 aliphatic heterocycles. The Balaban J connectivity index is 2.66. The molecule has 0 saturated heterocycles. The maximum absolute atomic E-state index is 12.2. The van der Waals surface area contributed by atoms with E-state index in [0.717, 1.165) is 0 Å². The molecule has 0 aliphatic rings. The van der Waals surface area contributed by atoms with Gasteiger partial charge in [0.2, 0.25) is 0 Å². The molecule has 0 aromatic heterocycles. The Labute approximate surface area is 114 Å². The smallest absolute Gasteiger partial charge is 0.387 e. The van der Waals surface area contributed by atoms with E-state index < -0.39 is 25.2 Å². The van der Waals surface area contributed by atoms with E-state index in [9.17, 15) is 18.4 Å². The summed E-state index contributed by atoms with van der Waals surface area (Å²) in [6, 6.07) is 5.35. The van der Waals surface area contributed by atoms with Crippen LogP contribution >= 0.6 is 0 Å². The number of carbonyl (C=O) groups is 2. The first-order chi connectivity index (χ1) is 9.40. The summed E-state index contributed by atoms with van der Waals surface area (Å²) in [7, 11) is 0. The Morgan fingerprint density at radius 1 is 1.20 bits per heavy atom. The number of para-hydroxylation sites is 1. The van der Waals surface area contributed by atoms with Crippen LogP contribution in [0.4, 0.5) is 8.78 Å². The van der Waals surface area contributed by atoms with Crippen LogP contribution in [0.2, 0.25) is 0 Å². The maximum Gasteiger partial charge on any atom is 0.387 e. The quantitative estimate of drug-likeness (QED) is 0.752. The van der Waals surface area contributed by atoms with Crippen LogP contribution in [0.15, 0.2) is 24.3 Å². The third-order valence-corrected chi connectivity index (χ3v) is 2.01. The van der Waals surface area contributed by atoms with Crippen LogP contribution in [-0.4, -0.2) is 31.3 Å². The summed E-state index contributed by atoms with van der Waals surface area (Å²) >= 11 is 0. The topological polar surface area (TPSA) is 61.8 Å². The highest BCUT2D eigenvalue weighted by Crippen LogP contribution is 2.21. The summed E-state index contributed by atoms with van der Waals surface area (Å²) in [4.78, 5) is 22.9. The normalized spacial score (nSPS) is 10.5. The van der Waals surface area contributed by atoms with Crippen molar-refractivity contribution in [3.05, 3.63) is 29.8 Å². The number of benzene rings is 1. The molecule has 0 fully saturated rings. The molecular weight excluding hydrogens is 274 g/mol. The van der Waals surface area contributed by atoms with E-state index in [1.807, 2.05) is 0 Å². The fourth-order valence-electron chi connectivity index (χ4n) is 1.33. The lowest BCUT2D eigenvalue weighted by Gasteiger charge is -2.11. The molecular formula is C13H14F2O5. The molecule has 0 radical (unpaired) electrons. The maximum atomic E-state index is 12.2. The van der Waals surface area contributed by atoms with E-state index in [0.29, 0.717) is 0 Å². The van der Waals surface area contributed by atoms with Crippen molar-refractivity contribution in [1.82, 2.24) is 0 Å². The van der Waals surface area contributed by atoms with Crippen molar-refractivity contribution in [2.75, 3.05) is 6.61 Å². The predicted molar refractivity (Wildman–Crippen MR) is 64.6 cm³/mol.